The highest BCUT2D eigenvalue weighted by molar-refractivity contribution is 8.04. The molecule has 23 heavy (non-hydrogen) atoms. The summed E-state index contributed by atoms with van der Waals surface area (Å²) in [5.74, 6) is -0.275. The average Bonchev–Trinajstić information content (AvgIpc) is 2.96. The van der Waals surface area contributed by atoms with Gasteiger partial charge in [-0.3, -0.25) is 4.79 Å². The quantitative estimate of drug-likeness (QED) is 0.738. The Balaban J connectivity index is 1.86. The van der Waals surface area contributed by atoms with E-state index in [9.17, 15) is 9.18 Å². The minimum Gasteiger partial charge on any atom is -0.436 e. The standard InChI is InChI=1S/C16H10FN3O2S/c17-11-3-1-2-10(6-11)16-20-13-7-12(4-5-14(13)22-16)19-15(21)8-23-9-18/h1-7H,8H2,(H,19,21). The van der Waals surface area contributed by atoms with E-state index in [4.69, 9.17) is 9.68 Å². The summed E-state index contributed by atoms with van der Waals surface area (Å²) in [7, 11) is 0. The van der Waals surface area contributed by atoms with Gasteiger partial charge in [0, 0.05) is 11.3 Å². The Bertz CT molecular complexity index is 917. The topological polar surface area (TPSA) is 78.9 Å². The number of carbonyl (C=O) groups excluding carboxylic acids is 1. The molecule has 0 aliphatic carbocycles. The number of carbonyl (C=O) groups is 1. The molecule has 0 aliphatic rings. The summed E-state index contributed by atoms with van der Waals surface area (Å²) in [6.07, 6.45) is 0. The normalized spacial score (nSPS) is 10.4. The Labute approximate surface area is 135 Å². The maximum atomic E-state index is 13.3. The van der Waals surface area contributed by atoms with Crippen molar-refractivity contribution in [3.05, 3.63) is 48.3 Å². The number of aromatic nitrogens is 1. The molecule has 114 valence electrons. The highest BCUT2D eigenvalue weighted by atomic mass is 32.2. The van der Waals surface area contributed by atoms with Crippen molar-refractivity contribution in [1.29, 1.82) is 5.26 Å². The fourth-order valence-electron chi connectivity index (χ4n) is 2.05. The average molecular weight is 327 g/mol. The first kappa shape index (κ1) is 15.1. The van der Waals surface area contributed by atoms with Crippen LogP contribution < -0.4 is 5.32 Å². The third kappa shape index (κ3) is 3.49. The summed E-state index contributed by atoms with van der Waals surface area (Å²) in [6, 6.07) is 11.0. The number of anilines is 1. The number of halogens is 1. The van der Waals surface area contributed by atoms with E-state index in [2.05, 4.69) is 10.3 Å². The van der Waals surface area contributed by atoms with Gasteiger partial charge in [0.15, 0.2) is 5.58 Å². The van der Waals surface area contributed by atoms with Gasteiger partial charge < -0.3 is 9.73 Å². The lowest BCUT2D eigenvalue weighted by molar-refractivity contribution is -0.113. The molecule has 0 spiro atoms. The molecule has 0 unspecified atom stereocenters. The number of fused-ring (bicyclic) bond motifs is 1. The molecule has 3 aromatic rings. The third-order valence-corrected chi connectivity index (χ3v) is 3.55. The van der Waals surface area contributed by atoms with Gasteiger partial charge in [-0.15, -0.1) is 0 Å². The molecule has 2 aromatic carbocycles. The zero-order chi connectivity index (χ0) is 16.2. The van der Waals surface area contributed by atoms with E-state index in [1.807, 2.05) is 5.40 Å². The molecular weight excluding hydrogens is 317 g/mol. The molecule has 1 aromatic heterocycles. The highest BCUT2D eigenvalue weighted by Gasteiger charge is 2.10. The first-order chi connectivity index (χ1) is 11.2. The first-order valence-corrected chi connectivity index (χ1v) is 7.61. The van der Waals surface area contributed by atoms with Crippen molar-refractivity contribution in [2.24, 2.45) is 0 Å². The predicted octanol–water partition coefficient (Wildman–Crippen LogP) is 3.79. The van der Waals surface area contributed by atoms with E-state index in [-0.39, 0.29) is 17.5 Å². The summed E-state index contributed by atoms with van der Waals surface area (Å²) in [5.41, 5.74) is 2.18. The SMILES string of the molecule is N#CSCC(=O)Nc1ccc2oc(-c3cccc(F)c3)nc2c1. The number of nitriles is 1. The maximum absolute atomic E-state index is 13.3. The molecule has 0 saturated heterocycles. The van der Waals surface area contributed by atoms with Crippen LogP contribution in [0, 0.1) is 16.5 Å². The van der Waals surface area contributed by atoms with Crippen LogP contribution in [0.15, 0.2) is 46.9 Å². The smallest absolute Gasteiger partial charge is 0.235 e. The van der Waals surface area contributed by atoms with Crippen molar-refractivity contribution < 1.29 is 13.6 Å². The Hall–Kier alpha value is -2.85. The molecule has 0 saturated carbocycles. The highest BCUT2D eigenvalue weighted by Crippen LogP contribution is 2.26. The van der Waals surface area contributed by atoms with Crippen LogP contribution in [0.25, 0.3) is 22.6 Å². The Morgan fingerprint density at radius 3 is 3.00 bits per heavy atom. The van der Waals surface area contributed by atoms with E-state index < -0.39 is 0 Å². The van der Waals surface area contributed by atoms with Gasteiger partial charge >= 0.3 is 0 Å². The second-order valence-corrected chi connectivity index (χ2v) is 5.40. The van der Waals surface area contributed by atoms with E-state index in [0.717, 1.165) is 11.8 Å². The zero-order valence-corrected chi connectivity index (χ0v) is 12.6. The van der Waals surface area contributed by atoms with Gasteiger partial charge in [-0.25, -0.2) is 9.37 Å². The number of oxazole rings is 1. The number of hydrogen-bond donors (Lipinski definition) is 1. The number of thioether (sulfide) groups is 1. The molecule has 1 N–H and O–H groups in total. The zero-order valence-electron chi connectivity index (χ0n) is 11.7. The molecule has 3 rings (SSSR count). The van der Waals surface area contributed by atoms with Crippen LogP contribution in [-0.4, -0.2) is 16.6 Å². The summed E-state index contributed by atoms with van der Waals surface area (Å²) < 4.78 is 18.9. The lowest BCUT2D eigenvalue weighted by atomic mass is 10.2. The number of thiocyanates is 1. The number of benzene rings is 2. The Morgan fingerprint density at radius 1 is 1.35 bits per heavy atom. The van der Waals surface area contributed by atoms with Crippen molar-refractivity contribution in [3.63, 3.8) is 0 Å². The molecule has 0 radical (unpaired) electrons. The van der Waals surface area contributed by atoms with Crippen molar-refractivity contribution in [2.75, 3.05) is 11.1 Å². The van der Waals surface area contributed by atoms with Crippen LogP contribution >= 0.6 is 11.8 Å². The number of rotatable bonds is 4. The molecule has 7 heteroatoms. The molecule has 5 nitrogen and oxygen atoms in total. The van der Waals surface area contributed by atoms with Gasteiger partial charge in [-0.1, -0.05) is 6.07 Å². The monoisotopic (exact) mass is 327 g/mol. The summed E-state index contributed by atoms with van der Waals surface area (Å²) >= 11 is 0.866. The molecule has 1 heterocycles. The van der Waals surface area contributed by atoms with Crippen molar-refractivity contribution in [2.45, 2.75) is 0 Å². The van der Waals surface area contributed by atoms with E-state index >= 15 is 0 Å². The number of hydrogen-bond acceptors (Lipinski definition) is 5. The van der Waals surface area contributed by atoms with Crippen LogP contribution in [0.1, 0.15) is 0 Å². The van der Waals surface area contributed by atoms with Crippen molar-refractivity contribution in [3.8, 4) is 16.9 Å². The molecule has 0 aliphatic heterocycles. The maximum Gasteiger partial charge on any atom is 0.235 e. The largest absolute Gasteiger partial charge is 0.436 e. The minimum atomic E-state index is -0.368. The van der Waals surface area contributed by atoms with Gasteiger partial charge in [-0.05, 0) is 48.2 Å². The van der Waals surface area contributed by atoms with Crippen LogP contribution in [0.4, 0.5) is 10.1 Å². The minimum absolute atomic E-state index is 0.0574. The van der Waals surface area contributed by atoms with Crippen LogP contribution in [0.2, 0.25) is 0 Å². The number of nitrogens with zero attached hydrogens (tertiary/aromatic N) is 2. The number of nitrogens with one attached hydrogen (secondary N) is 1. The predicted molar refractivity (Wildman–Crippen MR) is 86.1 cm³/mol. The van der Waals surface area contributed by atoms with Gasteiger partial charge in [0.1, 0.15) is 16.7 Å². The first-order valence-electron chi connectivity index (χ1n) is 6.63. The Kier molecular flexibility index (Phi) is 4.26. The second-order valence-electron chi connectivity index (χ2n) is 4.64. The summed E-state index contributed by atoms with van der Waals surface area (Å²) in [4.78, 5) is 15.9. The number of amides is 1. The molecular formula is C16H10FN3O2S. The fourth-order valence-corrected chi connectivity index (χ4v) is 2.31. The summed E-state index contributed by atoms with van der Waals surface area (Å²) in [6.45, 7) is 0. The molecule has 0 bridgehead atoms. The van der Waals surface area contributed by atoms with Gasteiger partial charge in [0.2, 0.25) is 11.8 Å². The van der Waals surface area contributed by atoms with Crippen LogP contribution in [0.3, 0.4) is 0 Å². The van der Waals surface area contributed by atoms with E-state index in [1.165, 1.54) is 12.1 Å². The van der Waals surface area contributed by atoms with Gasteiger partial charge in [-0.2, -0.15) is 5.26 Å². The third-order valence-electron chi connectivity index (χ3n) is 3.01. The Morgan fingerprint density at radius 2 is 2.22 bits per heavy atom. The van der Waals surface area contributed by atoms with Gasteiger partial charge in [0.25, 0.3) is 0 Å². The second kappa shape index (κ2) is 6.50. The van der Waals surface area contributed by atoms with Crippen LogP contribution in [-0.2, 0) is 4.79 Å². The van der Waals surface area contributed by atoms with E-state index in [1.54, 1.807) is 30.3 Å². The van der Waals surface area contributed by atoms with E-state index in [0.29, 0.717) is 28.2 Å². The van der Waals surface area contributed by atoms with Crippen LogP contribution in [0.5, 0.6) is 0 Å². The van der Waals surface area contributed by atoms with Crippen molar-refractivity contribution in [1.82, 2.24) is 4.98 Å². The fraction of sp³-hybridized carbons (Fsp3) is 0.0625. The van der Waals surface area contributed by atoms with Gasteiger partial charge in [0.05, 0.1) is 5.75 Å². The molecule has 0 atom stereocenters. The summed E-state index contributed by atoms with van der Waals surface area (Å²) in [5, 5.41) is 12.9. The molecule has 1 amide bonds. The lowest BCUT2D eigenvalue weighted by Gasteiger charge is -2.02. The lowest BCUT2D eigenvalue weighted by Crippen LogP contribution is -2.13. The molecule has 0 fully saturated rings. The van der Waals surface area contributed by atoms with Crippen molar-refractivity contribution >= 4 is 34.5 Å².